The molecule has 0 aliphatic carbocycles. The molecule has 4 aromatic rings. The number of nitrogens with one attached hydrogen (secondary N) is 1. The third-order valence-corrected chi connectivity index (χ3v) is 3.61. The number of carbonyl (C=O) groups is 1. The maximum atomic E-state index is 12.3. The van der Waals surface area contributed by atoms with Crippen molar-refractivity contribution in [1.29, 1.82) is 0 Å². The number of anilines is 1. The van der Waals surface area contributed by atoms with E-state index in [1.54, 1.807) is 18.6 Å². The summed E-state index contributed by atoms with van der Waals surface area (Å²) in [5, 5.41) is 2.83. The first-order valence-corrected chi connectivity index (χ1v) is 7.40. The summed E-state index contributed by atoms with van der Waals surface area (Å²) in [5.74, 6) is -0.241. The van der Waals surface area contributed by atoms with E-state index in [0.29, 0.717) is 11.3 Å². The first-order chi connectivity index (χ1) is 11.8. The Labute approximate surface area is 137 Å². The van der Waals surface area contributed by atoms with Gasteiger partial charge in [-0.1, -0.05) is 18.2 Å². The Balaban J connectivity index is 1.65. The molecule has 3 heterocycles. The van der Waals surface area contributed by atoms with E-state index in [4.69, 9.17) is 0 Å². The Morgan fingerprint density at radius 1 is 0.917 bits per heavy atom. The van der Waals surface area contributed by atoms with Crippen LogP contribution in [0.25, 0.3) is 16.8 Å². The number of rotatable bonds is 3. The fraction of sp³-hybridized carbons (Fsp3) is 0. The number of amides is 1. The molecule has 0 aliphatic heterocycles. The molecule has 0 spiro atoms. The first kappa shape index (κ1) is 14.1. The van der Waals surface area contributed by atoms with Gasteiger partial charge in [-0.2, -0.15) is 0 Å². The number of para-hydroxylation sites is 1. The van der Waals surface area contributed by atoms with Crippen molar-refractivity contribution in [2.24, 2.45) is 0 Å². The standard InChI is InChI=1S/C18H13N5O/c24-18(21-15-4-2-1-3-5-15)16-11-23-10-13(6-7-17(23)22-16)14-8-19-12-20-9-14/h1-12H,(H,21,24). The van der Waals surface area contributed by atoms with Gasteiger partial charge in [-0.15, -0.1) is 0 Å². The number of pyridine rings is 1. The highest BCUT2D eigenvalue weighted by Gasteiger charge is 2.11. The van der Waals surface area contributed by atoms with E-state index in [-0.39, 0.29) is 5.91 Å². The normalized spacial score (nSPS) is 10.7. The van der Waals surface area contributed by atoms with Gasteiger partial charge in [0.15, 0.2) is 0 Å². The summed E-state index contributed by atoms with van der Waals surface area (Å²) >= 11 is 0. The topological polar surface area (TPSA) is 72.2 Å². The summed E-state index contributed by atoms with van der Waals surface area (Å²) in [6.45, 7) is 0. The SMILES string of the molecule is O=C(Nc1ccccc1)c1cn2cc(-c3cncnc3)ccc2n1. The summed E-state index contributed by atoms with van der Waals surface area (Å²) < 4.78 is 1.82. The van der Waals surface area contributed by atoms with Crippen molar-refractivity contribution in [3.63, 3.8) is 0 Å². The van der Waals surface area contributed by atoms with Gasteiger partial charge in [-0.3, -0.25) is 4.79 Å². The van der Waals surface area contributed by atoms with Gasteiger partial charge in [0.25, 0.3) is 5.91 Å². The van der Waals surface area contributed by atoms with Gasteiger partial charge in [0, 0.05) is 41.6 Å². The Morgan fingerprint density at radius 3 is 2.50 bits per heavy atom. The predicted molar refractivity (Wildman–Crippen MR) is 90.6 cm³/mol. The van der Waals surface area contributed by atoms with E-state index in [2.05, 4.69) is 20.3 Å². The third kappa shape index (κ3) is 2.72. The van der Waals surface area contributed by atoms with Crippen LogP contribution in [0.15, 0.2) is 73.6 Å². The highest BCUT2D eigenvalue weighted by atomic mass is 16.1. The van der Waals surface area contributed by atoms with E-state index in [1.807, 2.05) is 53.1 Å². The van der Waals surface area contributed by atoms with Crippen molar-refractivity contribution < 1.29 is 4.79 Å². The van der Waals surface area contributed by atoms with E-state index in [0.717, 1.165) is 16.8 Å². The quantitative estimate of drug-likeness (QED) is 0.631. The highest BCUT2D eigenvalue weighted by molar-refractivity contribution is 6.03. The third-order valence-electron chi connectivity index (χ3n) is 3.61. The van der Waals surface area contributed by atoms with Crippen LogP contribution < -0.4 is 5.32 Å². The van der Waals surface area contributed by atoms with Crippen LogP contribution in [0.3, 0.4) is 0 Å². The monoisotopic (exact) mass is 315 g/mol. The summed E-state index contributed by atoms with van der Waals surface area (Å²) in [6, 6.07) is 13.1. The fourth-order valence-corrected chi connectivity index (χ4v) is 2.44. The van der Waals surface area contributed by atoms with Crippen molar-refractivity contribution in [2.75, 3.05) is 5.32 Å². The molecular formula is C18H13N5O. The van der Waals surface area contributed by atoms with E-state index >= 15 is 0 Å². The van der Waals surface area contributed by atoms with E-state index in [9.17, 15) is 4.79 Å². The molecule has 0 aliphatic rings. The summed E-state index contributed by atoms with van der Waals surface area (Å²) in [5.41, 5.74) is 3.66. The Kier molecular flexibility index (Phi) is 3.47. The second-order valence-electron chi connectivity index (χ2n) is 5.26. The molecule has 0 bridgehead atoms. The lowest BCUT2D eigenvalue weighted by Crippen LogP contribution is -2.11. The molecule has 0 fully saturated rings. The second-order valence-corrected chi connectivity index (χ2v) is 5.26. The van der Waals surface area contributed by atoms with Crippen molar-refractivity contribution in [2.45, 2.75) is 0 Å². The zero-order chi connectivity index (χ0) is 16.4. The lowest BCUT2D eigenvalue weighted by atomic mass is 10.1. The smallest absolute Gasteiger partial charge is 0.275 e. The van der Waals surface area contributed by atoms with Crippen LogP contribution in [0.2, 0.25) is 0 Å². The molecule has 1 N–H and O–H groups in total. The van der Waals surface area contributed by atoms with Crippen LogP contribution in [0, 0.1) is 0 Å². The predicted octanol–water partition coefficient (Wildman–Crippen LogP) is 3.04. The number of fused-ring (bicyclic) bond motifs is 1. The fourth-order valence-electron chi connectivity index (χ4n) is 2.44. The van der Waals surface area contributed by atoms with Gasteiger partial charge in [-0.25, -0.2) is 15.0 Å². The number of benzene rings is 1. The van der Waals surface area contributed by atoms with Gasteiger partial charge in [-0.05, 0) is 24.3 Å². The van der Waals surface area contributed by atoms with Gasteiger partial charge < -0.3 is 9.72 Å². The van der Waals surface area contributed by atoms with Crippen LogP contribution in [0.4, 0.5) is 5.69 Å². The molecule has 3 aromatic heterocycles. The minimum absolute atomic E-state index is 0.241. The zero-order valence-corrected chi connectivity index (χ0v) is 12.6. The average Bonchev–Trinajstić information content (AvgIpc) is 3.07. The van der Waals surface area contributed by atoms with Crippen LogP contribution in [-0.2, 0) is 0 Å². The van der Waals surface area contributed by atoms with Crippen molar-refractivity contribution in [3.8, 4) is 11.1 Å². The maximum absolute atomic E-state index is 12.3. The molecular weight excluding hydrogens is 302 g/mol. The zero-order valence-electron chi connectivity index (χ0n) is 12.6. The van der Waals surface area contributed by atoms with Gasteiger partial charge in [0.2, 0.25) is 0 Å². The number of aromatic nitrogens is 4. The minimum Gasteiger partial charge on any atom is -0.321 e. The van der Waals surface area contributed by atoms with Crippen molar-refractivity contribution in [3.05, 3.63) is 79.3 Å². The lowest BCUT2D eigenvalue weighted by Gasteiger charge is -2.01. The molecule has 1 aromatic carbocycles. The molecule has 116 valence electrons. The Hall–Kier alpha value is -3.54. The molecule has 6 nitrogen and oxygen atoms in total. The lowest BCUT2D eigenvalue weighted by molar-refractivity contribution is 0.102. The molecule has 24 heavy (non-hydrogen) atoms. The van der Waals surface area contributed by atoms with Gasteiger partial charge in [0.1, 0.15) is 17.7 Å². The number of imidazole rings is 1. The van der Waals surface area contributed by atoms with Gasteiger partial charge in [0.05, 0.1) is 0 Å². The molecule has 0 radical (unpaired) electrons. The van der Waals surface area contributed by atoms with Crippen LogP contribution in [0.5, 0.6) is 0 Å². The first-order valence-electron chi connectivity index (χ1n) is 7.40. The largest absolute Gasteiger partial charge is 0.321 e. The number of hydrogen-bond donors (Lipinski definition) is 1. The van der Waals surface area contributed by atoms with Crippen molar-refractivity contribution in [1.82, 2.24) is 19.4 Å². The summed E-state index contributed by atoms with van der Waals surface area (Å²) in [6.07, 6.45) is 8.59. The average molecular weight is 315 g/mol. The molecule has 0 saturated carbocycles. The van der Waals surface area contributed by atoms with Gasteiger partial charge >= 0.3 is 0 Å². The maximum Gasteiger partial charge on any atom is 0.275 e. The van der Waals surface area contributed by atoms with Crippen LogP contribution >= 0.6 is 0 Å². The molecule has 0 saturated heterocycles. The summed E-state index contributed by atoms with van der Waals surface area (Å²) in [4.78, 5) is 24.7. The molecule has 0 unspecified atom stereocenters. The Bertz CT molecular complexity index is 996. The molecule has 6 heteroatoms. The molecule has 0 atom stereocenters. The minimum atomic E-state index is -0.241. The van der Waals surface area contributed by atoms with E-state index < -0.39 is 0 Å². The van der Waals surface area contributed by atoms with E-state index in [1.165, 1.54) is 6.33 Å². The molecule has 4 rings (SSSR count). The van der Waals surface area contributed by atoms with Crippen LogP contribution in [0.1, 0.15) is 10.5 Å². The highest BCUT2D eigenvalue weighted by Crippen LogP contribution is 2.18. The number of nitrogens with zero attached hydrogens (tertiary/aromatic N) is 4. The number of hydrogen-bond acceptors (Lipinski definition) is 4. The van der Waals surface area contributed by atoms with Crippen LogP contribution in [-0.4, -0.2) is 25.3 Å². The number of carbonyl (C=O) groups excluding carboxylic acids is 1. The van der Waals surface area contributed by atoms with Crippen molar-refractivity contribution >= 4 is 17.2 Å². The Morgan fingerprint density at radius 2 is 1.71 bits per heavy atom. The second kappa shape index (κ2) is 5.92. The molecule has 1 amide bonds. The summed E-state index contributed by atoms with van der Waals surface area (Å²) in [7, 11) is 0.